The van der Waals surface area contributed by atoms with Crippen LogP contribution in [0, 0.1) is 6.92 Å². The number of halogens is 3. The molecule has 0 aliphatic carbocycles. The van der Waals surface area contributed by atoms with Gasteiger partial charge in [0.15, 0.2) is 11.5 Å². The third-order valence-electron chi connectivity index (χ3n) is 6.51. The summed E-state index contributed by atoms with van der Waals surface area (Å²) in [7, 11) is -0.401. The second-order valence-corrected chi connectivity index (χ2v) is 10.9. The Kier molecular flexibility index (Phi) is 8.38. The average molecular weight is 605 g/mol. The van der Waals surface area contributed by atoms with E-state index in [1.165, 1.54) is 35.7 Å². The first-order chi connectivity index (χ1) is 19.8. The van der Waals surface area contributed by atoms with Gasteiger partial charge in [0.2, 0.25) is 5.91 Å². The van der Waals surface area contributed by atoms with Crippen LogP contribution in [0.25, 0.3) is 5.69 Å². The molecule has 10 nitrogen and oxygen atoms in total. The van der Waals surface area contributed by atoms with E-state index in [-0.39, 0.29) is 22.1 Å². The van der Waals surface area contributed by atoms with E-state index in [2.05, 4.69) is 5.32 Å². The molecule has 3 aromatic carbocycles. The molecule has 4 aromatic rings. The Bertz CT molecular complexity index is 1780. The lowest BCUT2D eigenvalue weighted by atomic mass is 10.2. The third kappa shape index (κ3) is 5.84. The van der Waals surface area contributed by atoms with E-state index in [0.29, 0.717) is 21.8 Å². The van der Waals surface area contributed by atoms with E-state index < -0.39 is 45.5 Å². The van der Waals surface area contributed by atoms with Crippen molar-refractivity contribution in [2.24, 2.45) is 7.05 Å². The van der Waals surface area contributed by atoms with Crippen LogP contribution in [-0.4, -0.2) is 44.5 Å². The van der Waals surface area contributed by atoms with Gasteiger partial charge in [-0.05, 0) is 49.4 Å². The second kappa shape index (κ2) is 11.6. The summed E-state index contributed by atoms with van der Waals surface area (Å²) >= 11 is 0. The summed E-state index contributed by atoms with van der Waals surface area (Å²) in [6, 6.07) is 15.8. The van der Waals surface area contributed by atoms with Crippen LogP contribution >= 0.6 is 0 Å². The fourth-order valence-electron chi connectivity index (χ4n) is 4.28. The Morgan fingerprint density at radius 3 is 2.24 bits per heavy atom. The SMILES string of the molecule is COc1ccc(S(=O)(=O)N(CC(=O)Nc2c(C)n(C)n(-c3ccccc3)c2=O)c2cccc(C(F)(F)F)c2)cc1OC. The Morgan fingerprint density at radius 1 is 0.952 bits per heavy atom. The second-order valence-electron chi connectivity index (χ2n) is 9.06. The van der Waals surface area contributed by atoms with Crippen LogP contribution in [0.3, 0.4) is 0 Å². The normalized spacial score (nSPS) is 11.7. The number of sulfonamides is 1. The Labute approximate surface area is 239 Å². The lowest BCUT2D eigenvalue weighted by molar-refractivity contribution is -0.137. The number of benzene rings is 3. The van der Waals surface area contributed by atoms with E-state index in [9.17, 15) is 31.2 Å². The number of methoxy groups -OCH3 is 2. The van der Waals surface area contributed by atoms with Crippen molar-refractivity contribution in [3.63, 3.8) is 0 Å². The topological polar surface area (TPSA) is 112 Å². The van der Waals surface area contributed by atoms with Crippen LogP contribution in [0.4, 0.5) is 24.5 Å². The van der Waals surface area contributed by atoms with Crippen LogP contribution in [-0.2, 0) is 28.0 Å². The van der Waals surface area contributed by atoms with E-state index in [4.69, 9.17) is 9.47 Å². The van der Waals surface area contributed by atoms with Crippen molar-refractivity contribution in [1.29, 1.82) is 0 Å². The van der Waals surface area contributed by atoms with Gasteiger partial charge in [0, 0.05) is 13.1 Å². The predicted octanol–water partition coefficient (Wildman–Crippen LogP) is 4.35. The number of hydrogen-bond acceptors (Lipinski definition) is 6. The van der Waals surface area contributed by atoms with Crippen LogP contribution < -0.4 is 24.7 Å². The van der Waals surface area contributed by atoms with Crippen LogP contribution in [0.1, 0.15) is 11.3 Å². The molecule has 0 unspecified atom stereocenters. The van der Waals surface area contributed by atoms with Crippen LogP contribution in [0.5, 0.6) is 11.5 Å². The molecule has 0 aliphatic heterocycles. The Balaban J connectivity index is 1.77. The summed E-state index contributed by atoms with van der Waals surface area (Å²) in [6.45, 7) is 0.637. The molecule has 0 saturated carbocycles. The summed E-state index contributed by atoms with van der Waals surface area (Å²) in [5, 5.41) is 2.45. The molecule has 0 aliphatic rings. The predicted molar refractivity (Wildman–Crippen MR) is 150 cm³/mol. The summed E-state index contributed by atoms with van der Waals surface area (Å²) in [5.74, 6) is -0.690. The smallest absolute Gasteiger partial charge is 0.416 e. The number of nitrogens with one attached hydrogen (secondary N) is 1. The number of carbonyl (C=O) groups is 1. The monoisotopic (exact) mass is 604 g/mol. The fourth-order valence-corrected chi connectivity index (χ4v) is 5.71. The quantitative estimate of drug-likeness (QED) is 0.304. The molecule has 0 bridgehead atoms. The van der Waals surface area contributed by atoms with Gasteiger partial charge >= 0.3 is 6.18 Å². The summed E-state index contributed by atoms with van der Waals surface area (Å²) in [6.07, 6.45) is -4.78. The van der Waals surface area contributed by atoms with Gasteiger partial charge in [0.25, 0.3) is 15.6 Å². The van der Waals surface area contributed by atoms with E-state index in [0.717, 1.165) is 24.3 Å². The van der Waals surface area contributed by atoms with Crippen molar-refractivity contribution >= 4 is 27.3 Å². The van der Waals surface area contributed by atoms with Crippen molar-refractivity contribution in [2.75, 3.05) is 30.4 Å². The first-order valence-corrected chi connectivity index (χ1v) is 13.8. The van der Waals surface area contributed by atoms with Crippen LogP contribution in [0.15, 0.2) is 82.5 Å². The number of amides is 1. The minimum absolute atomic E-state index is 0.0494. The molecule has 1 aromatic heterocycles. The van der Waals surface area contributed by atoms with Gasteiger partial charge in [-0.15, -0.1) is 0 Å². The third-order valence-corrected chi connectivity index (χ3v) is 8.28. The number of aromatic nitrogens is 2. The maximum Gasteiger partial charge on any atom is 0.416 e. The minimum atomic E-state index is -4.78. The molecule has 0 fully saturated rings. The van der Waals surface area contributed by atoms with Gasteiger partial charge in [-0.1, -0.05) is 24.3 Å². The molecule has 1 heterocycles. The maximum absolute atomic E-state index is 13.8. The molecule has 0 saturated heterocycles. The molecule has 42 heavy (non-hydrogen) atoms. The van der Waals surface area contributed by atoms with Crippen molar-refractivity contribution in [3.8, 4) is 17.2 Å². The number of rotatable bonds is 9. The Morgan fingerprint density at radius 2 is 1.62 bits per heavy atom. The largest absolute Gasteiger partial charge is 0.493 e. The minimum Gasteiger partial charge on any atom is -0.493 e. The van der Waals surface area contributed by atoms with Gasteiger partial charge < -0.3 is 14.8 Å². The average Bonchev–Trinajstić information content (AvgIpc) is 3.18. The highest BCUT2D eigenvalue weighted by molar-refractivity contribution is 7.92. The highest BCUT2D eigenvalue weighted by Crippen LogP contribution is 2.35. The molecule has 0 radical (unpaired) electrons. The molecule has 14 heteroatoms. The lowest BCUT2D eigenvalue weighted by Crippen LogP contribution is -2.39. The number of alkyl halides is 3. The fraction of sp³-hybridized carbons (Fsp3) is 0.214. The van der Waals surface area contributed by atoms with Crippen molar-refractivity contribution in [1.82, 2.24) is 9.36 Å². The highest BCUT2D eigenvalue weighted by Gasteiger charge is 2.34. The molecular weight excluding hydrogens is 577 g/mol. The van der Waals surface area contributed by atoms with E-state index in [1.807, 2.05) is 0 Å². The standard InChI is InChI=1S/C28H27F3N4O6S/c1-18-26(27(37)35(33(18)2)20-10-6-5-7-11-20)32-25(36)17-34(21-12-8-9-19(15-21)28(29,30)31)42(38,39)22-13-14-23(40-3)24(16-22)41-4/h5-16H,17H2,1-4H3,(H,32,36). The maximum atomic E-state index is 13.8. The number of nitrogens with zero attached hydrogens (tertiary/aromatic N) is 3. The molecule has 222 valence electrons. The lowest BCUT2D eigenvalue weighted by Gasteiger charge is -2.25. The first-order valence-electron chi connectivity index (χ1n) is 12.4. The van der Waals surface area contributed by atoms with Crippen molar-refractivity contribution in [3.05, 3.63) is 94.4 Å². The van der Waals surface area contributed by atoms with Gasteiger partial charge in [-0.3, -0.25) is 18.6 Å². The molecule has 1 N–H and O–H groups in total. The Hall–Kier alpha value is -4.72. The van der Waals surface area contributed by atoms with E-state index in [1.54, 1.807) is 44.3 Å². The van der Waals surface area contributed by atoms with E-state index >= 15 is 0 Å². The summed E-state index contributed by atoms with van der Waals surface area (Å²) in [5.41, 5.74) is -1.33. The molecule has 0 atom stereocenters. The van der Waals surface area contributed by atoms with Crippen molar-refractivity contribution < 1.29 is 35.9 Å². The van der Waals surface area contributed by atoms with Gasteiger partial charge in [0.05, 0.1) is 41.7 Å². The number of hydrogen-bond donors (Lipinski definition) is 1. The van der Waals surface area contributed by atoms with Crippen LogP contribution in [0.2, 0.25) is 0 Å². The number of anilines is 2. The number of ether oxygens (including phenoxy) is 2. The van der Waals surface area contributed by atoms with Gasteiger partial charge in [0.1, 0.15) is 12.2 Å². The molecule has 1 amide bonds. The zero-order valence-corrected chi connectivity index (χ0v) is 23.8. The summed E-state index contributed by atoms with van der Waals surface area (Å²) in [4.78, 5) is 26.2. The molecule has 0 spiro atoms. The van der Waals surface area contributed by atoms with Gasteiger partial charge in [-0.2, -0.15) is 13.2 Å². The number of para-hydroxylation sites is 1. The summed E-state index contributed by atoms with van der Waals surface area (Å²) < 4.78 is 81.9. The molecule has 4 rings (SSSR count). The highest BCUT2D eigenvalue weighted by atomic mass is 32.2. The number of carbonyl (C=O) groups excluding carboxylic acids is 1. The first kappa shape index (κ1) is 30.2. The van der Waals surface area contributed by atoms with Gasteiger partial charge in [-0.25, -0.2) is 13.1 Å². The molecular formula is C28H27F3N4O6S. The zero-order valence-electron chi connectivity index (χ0n) is 23.0. The zero-order chi connectivity index (χ0) is 30.8. The van der Waals surface area contributed by atoms with Crippen molar-refractivity contribution in [2.45, 2.75) is 18.0 Å².